The maximum atomic E-state index is 5.44. The summed E-state index contributed by atoms with van der Waals surface area (Å²) in [6.45, 7) is 0. The molecule has 3 heterocycles. The van der Waals surface area contributed by atoms with Crippen molar-refractivity contribution in [2.45, 2.75) is 0 Å². The van der Waals surface area contributed by atoms with Gasteiger partial charge in [-0.2, -0.15) is 0 Å². The third kappa shape index (κ3) is 1.91. The third-order valence-electron chi connectivity index (χ3n) is 4.76. The number of pyridine rings is 1. The third-order valence-corrected chi connectivity index (χ3v) is 4.76. The van der Waals surface area contributed by atoms with Crippen LogP contribution in [0, 0.1) is 0 Å². The topological polar surface area (TPSA) is 35.8 Å². The number of benzene rings is 2. The van der Waals surface area contributed by atoms with Gasteiger partial charge in [-0.05, 0) is 54.6 Å². The number of rotatable bonds is 3. The average molecular weight is 328 g/mol. The van der Waals surface area contributed by atoms with Gasteiger partial charge in [-0.25, -0.2) is 4.98 Å². The molecule has 0 amide bonds. The van der Waals surface area contributed by atoms with Crippen molar-refractivity contribution in [2.75, 3.05) is 14.2 Å². The molecule has 0 atom stereocenters. The first-order valence-electron chi connectivity index (χ1n) is 8.15. The lowest BCUT2D eigenvalue weighted by atomic mass is 10.1. The Morgan fingerprint density at radius 1 is 0.800 bits per heavy atom. The molecule has 2 aromatic carbocycles. The van der Waals surface area contributed by atoms with E-state index in [1.165, 1.54) is 5.39 Å². The van der Waals surface area contributed by atoms with E-state index in [9.17, 15) is 0 Å². The van der Waals surface area contributed by atoms with Gasteiger partial charge in [-0.15, -0.1) is 0 Å². The second-order valence-corrected chi connectivity index (χ2v) is 6.05. The van der Waals surface area contributed by atoms with Crippen LogP contribution in [0.5, 0.6) is 11.5 Å². The molecule has 5 aromatic rings. The predicted molar refractivity (Wildman–Crippen MR) is 99.9 cm³/mol. The van der Waals surface area contributed by atoms with E-state index in [1.54, 1.807) is 14.2 Å². The van der Waals surface area contributed by atoms with Gasteiger partial charge in [0.05, 0.1) is 30.9 Å². The van der Waals surface area contributed by atoms with Crippen LogP contribution >= 0.6 is 0 Å². The highest BCUT2D eigenvalue weighted by Gasteiger charge is 2.19. The van der Waals surface area contributed by atoms with Crippen LogP contribution in [-0.4, -0.2) is 23.6 Å². The van der Waals surface area contributed by atoms with Crippen molar-refractivity contribution in [3.63, 3.8) is 0 Å². The van der Waals surface area contributed by atoms with E-state index in [0.717, 1.165) is 44.8 Å². The number of fused-ring (bicyclic) bond motifs is 3. The number of methoxy groups -OCH3 is 2. The second kappa shape index (κ2) is 5.11. The molecule has 0 N–H and O–H groups in total. The predicted octanol–water partition coefficient (Wildman–Crippen LogP) is 4.76. The van der Waals surface area contributed by atoms with Crippen LogP contribution in [0.25, 0.3) is 38.7 Å². The molecule has 4 nitrogen and oxygen atoms in total. The molecule has 0 saturated carbocycles. The lowest BCUT2D eigenvalue weighted by Gasteiger charge is -2.02. The number of hydrogen-bond donors (Lipinski definition) is 0. The number of aromatic nitrogens is 2. The molecular formula is C21H16N2O2. The Balaban J connectivity index is 1.91. The lowest BCUT2D eigenvalue weighted by molar-refractivity contribution is 0.415. The first-order valence-corrected chi connectivity index (χ1v) is 8.15. The Labute approximate surface area is 144 Å². The zero-order valence-electron chi connectivity index (χ0n) is 14.0. The SMILES string of the molecule is COc1ccc(-c2nc3cccc4c5ccc(OC)cc5c2n34)cc1. The molecule has 0 fully saturated rings. The van der Waals surface area contributed by atoms with Gasteiger partial charge in [0.25, 0.3) is 0 Å². The van der Waals surface area contributed by atoms with Crippen LogP contribution in [0.2, 0.25) is 0 Å². The summed E-state index contributed by atoms with van der Waals surface area (Å²) in [6, 6.07) is 20.5. The molecule has 0 saturated heterocycles. The van der Waals surface area contributed by atoms with Crippen molar-refractivity contribution in [2.24, 2.45) is 0 Å². The molecule has 5 rings (SSSR count). The van der Waals surface area contributed by atoms with E-state index in [4.69, 9.17) is 14.5 Å². The maximum absolute atomic E-state index is 5.44. The van der Waals surface area contributed by atoms with Crippen LogP contribution in [0.15, 0.2) is 60.7 Å². The van der Waals surface area contributed by atoms with Crippen LogP contribution < -0.4 is 9.47 Å². The summed E-state index contributed by atoms with van der Waals surface area (Å²) >= 11 is 0. The number of ether oxygens (including phenoxy) is 2. The van der Waals surface area contributed by atoms with Crippen LogP contribution in [0.4, 0.5) is 0 Å². The standard InChI is InChI=1S/C21H16N2O2/c1-24-14-8-6-13(7-9-14)20-21-17-12-15(25-2)10-11-16(17)18-4-3-5-19(22-20)23(18)21/h3-12H,1-2H3. The Hall–Kier alpha value is -3.27. The Morgan fingerprint density at radius 2 is 1.56 bits per heavy atom. The van der Waals surface area contributed by atoms with Crippen molar-refractivity contribution < 1.29 is 9.47 Å². The molecule has 0 unspecified atom stereocenters. The van der Waals surface area contributed by atoms with E-state index in [2.05, 4.69) is 40.8 Å². The molecule has 25 heavy (non-hydrogen) atoms. The van der Waals surface area contributed by atoms with Gasteiger partial charge in [-0.1, -0.05) is 6.07 Å². The monoisotopic (exact) mass is 328 g/mol. The van der Waals surface area contributed by atoms with Crippen LogP contribution in [0.3, 0.4) is 0 Å². The summed E-state index contributed by atoms with van der Waals surface area (Å²) in [4.78, 5) is 4.89. The first kappa shape index (κ1) is 14.1. The molecule has 0 aliphatic heterocycles. The van der Waals surface area contributed by atoms with E-state index in [1.807, 2.05) is 24.3 Å². The van der Waals surface area contributed by atoms with Crippen molar-refractivity contribution in [1.29, 1.82) is 0 Å². The molecule has 122 valence electrons. The minimum absolute atomic E-state index is 0.840. The highest BCUT2D eigenvalue weighted by Crippen LogP contribution is 2.38. The van der Waals surface area contributed by atoms with Crippen LogP contribution in [-0.2, 0) is 0 Å². The molecule has 0 aliphatic rings. The van der Waals surface area contributed by atoms with Crippen molar-refractivity contribution >= 4 is 27.5 Å². The maximum Gasteiger partial charge on any atom is 0.138 e. The summed E-state index contributed by atoms with van der Waals surface area (Å²) in [5.74, 6) is 1.69. The second-order valence-electron chi connectivity index (χ2n) is 6.05. The van der Waals surface area contributed by atoms with Gasteiger partial charge in [-0.3, -0.25) is 4.40 Å². The highest BCUT2D eigenvalue weighted by molar-refractivity contribution is 6.14. The quantitative estimate of drug-likeness (QED) is 0.479. The molecule has 0 bridgehead atoms. The fourth-order valence-corrected chi connectivity index (χ4v) is 3.57. The number of nitrogens with zero attached hydrogens (tertiary/aromatic N) is 2. The lowest BCUT2D eigenvalue weighted by Crippen LogP contribution is -1.84. The van der Waals surface area contributed by atoms with E-state index < -0.39 is 0 Å². The Morgan fingerprint density at radius 3 is 2.32 bits per heavy atom. The summed E-state index contributed by atoms with van der Waals surface area (Å²) in [5, 5.41) is 2.36. The Kier molecular flexibility index (Phi) is 2.88. The molecule has 4 heteroatoms. The molecular weight excluding hydrogens is 312 g/mol. The normalized spacial score (nSPS) is 11.6. The smallest absolute Gasteiger partial charge is 0.138 e. The zero-order valence-corrected chi connectivity index (χ0v) is 14.0. The van der Waals surface area contributed by atoms with Gasteiger partial charge < -0.3 is 9.47 Å². The summed E-state index contributed by atoms with van der Waals surface area (Å²) in [5.41, 5.74) is 5.28. The van der Waals surface area contributed by atoms with Gasteiger partial charge in [0.15, 0.2) is 0 Å². The van der Waals surface area contributed by atoms with Crippen molar-refractivity contribution in [3.05, 3.63) is 60.7 Å². The average Bonchev–Trinajstić information content (AvgIpc) is 3.22. The Bertz CT molecular complexity index is 1210. The van der Waals surface area contributed by atoms with E-state index in [0.29, 0.717) is 0 Å². The van der Waals surface area contributed by atoms with Gasteiger partial charge in [0.2, 0.25) is 0 Å². The fraction of sp³-hybridized carbons (Fsp3) is 0.0952. The zero-order chi connectivity index (χ0) is 17.0. The first-order chi connectivity index (χ1) is 12.3. The van der Waals surface area contributed by atoms with Gasteiger partial charge in [0.1, 0.15) is 17.1 Å². The minimum Gasteiger partial charge on any atom is -0.497 e. The highest BCUT2D eigenvalue weighted by atomic mass is 16.5. The fourth-order valence-electron chi connectivity index (χ4n) is 3.57. The molecule has 0 aliphatic carbocycles. The minimum atomic E-state index is 0.840. The molecule has 3 aromatic heterocycles. The largest absolute Gasteiger partial charge is 0.497 e. The molecule has 0 spiro atoms. The van der Waals surface area contributed by atoms with E-state index in [-0.39, 0.29) is 0 Å². The van der Waals surface area contributed by atoms with Crippen LogP contribution in [0.1, 0.15) is 0 Å². The van der Waals surface area contributed by atoms with Crippen molar-refractivity contribution in [1.82, 2.24) is 9.38 Å². The van der Waals surface area contributed by atoms with E-state index >= 15 is 0 Å². The number of imidazole rings is 1. The van der Waals surface area contributed by atoms with Gasteiger partial charge >= 0.3 is 0 Å². The summed E-state index contributed by atoms with van der Waals surface area (Å²) in [6.07, 6.45) is 0. The summed E-state index contributed by atoms with van der Waals surface area (Å²) in [7, 11) is 3.37. The van der Waals surface area contributed by atoms with Gasteiger partial charge in [0, 0.05) is 16.3 Å². The molecule has 0 radical (unpaired) electrons. The number of hydrogen-bond acceptors (Lipinski definition) is 3. The van der Waals surface area contributed by atoms with Crippen molar-refractivity contribution in [3.8, 4) is 22.8 Å². The summed E-state index contributed by atoms with van der Waals surface area (Å²) < 4.78 is 12.9.